The van der Waals surface area contributed by atoms with Crippen molar-refractivity contribution in [3.05, 3.63) is 58.9 Å². The number of rotatable bonds is 8. The van der Waals surface area contributed by atoms with Crippen LogP contribution in [0.15, 0.2) is 47.6 Å². The van der Waals surface area contributed by atoms with Crippen LogP contribution in [0, 0.1) is 17.7 Å². The second-order valence-corrected chi connectivity index (χ2v) is 8.20. The number of carbonyl (C=O) groups is 1. The summed E-state index contributed by atoms with van der Waals surface area (Å²) in [5, 5.41) is 28.7. The molecule has 4 nitrogen and oxygen atoms in total. The van der Waals surface area contributed by atoms with Crippen LogP contribution in [-0.4, -0.2) is 33.5 Å². The summed E-state index contributed by atoms with van der Waals surface area (Å²) < 4.78 is 13.2. The molecular formula is C23H29FO4. The van der Waals surface area contributed by atoms with E-state index in [4.69, 9.17) is 5.11 Å². The monoisotopic (exact) mass is 388 g/mol. The molecule has 3 aliphatic rings. The third kappa shape index (κ3) is 5.76. The van der Waals surface area contributed by atoms with Gasteiger partial charge in [0.2, 0.25) is 0 Å². The third-order valence-electron chi connectivity index (χ3n) is 5.98. The van der Waals surface area contributed by atoms with Crippen LogP contribution < -0.4 is 0 Å². The SMILES string of the molecule is O=C(O)CC(O)CC(O)C=CC1=C(Cc2ccc(F)cc2)CC2CCC1CC2. The molecule has 0 radical (unpaired) electrons. The number of hydrogen-bond donors (Lipinski definition) is 3. The fraction of sp³-hybridized carbons (Fsp3) is 0.522. The molecule has 152 valence electrons. The maximum absolute atomic E-state index is 13.2. The van der Waals surface area contributed by atoms with E-state index in [9.17, 15) is 19.4 Å². The Bertz CT molecular complexity index is 729. The normalized spacial score (nSPS) is 24.4. The van der Waals surface area contributed by atoms with Crippen molar-refractivity contribution in [3.8, 4) is 0 Å². The van der Waals surface area contributed by atoms with Gasteiger partial charge in [0.15, 0.2) is 0 Å². The van der Waals surface area contributed by atoms with Gasteiger partial charge in [-0.05, 0) is 73.6 Å². The van der Waals surface area contributed by atoms with Gasteiger partial charge in [0, 0.05) is 6.42 Å². The molecule has 2 bridgehead atoms. The molecule has 4 rings (SSSR count). The number of benzene rings is 1. The van der Waals surface area contributed by atoms with E-state index < -0.39 is 18.2 Å². The number of halogens is 1. The van der Waals surface area contributed by atoms with Crippen molar-refractivity contribution in [1.82, 2.24) is 0 Å². The number of carboxylic acids is 1. The van der Waals surface area contributed by atoms with Gasteiger partial charge in [-0.15, -0.1) is 0 Å². The quantitative estimate of drug-likeness (QED) is 0.629. The van der Waals surface area contributed by atoms with Crippen molar-refractivity contribution >= 4 is 5.97 Å². The molecule has 3 N–H and O–H groups in total. The van der Waals surface area contributed by atoms with Gasteiger partial charge in [-0.1, -0.05) is 29.9 Å². The highest BCUT2D eigenvalue weighted by Gasteiger charge is 2.30. The molecule has 2 atom stereocenters. The van der Waals surface area contributed by atoms with Crippen molar-refractivity contribution in [3.63, 3.8) is 0 Å². The smallest absolute Gasteiger partial charge is 0.305 e. The predicted octanol–water partition coefficient (Wildman–Crippen LogP) is 4.02. The fourth-order valence-corrected chi connectivity index (χ4v) is 4.57. The number of aliphatic hydroxyl groups is 2. The summed E-state index contributed by atoms with van der Waals surface area (Å²) in [5.41, 5.74) is 3.70. The summed E-state index contributed by atoms with van der Waals surface area (Å²) in [4.78, 5) is 10.7. The maximum Gasteiger partial charge on any atom is 0.305 e. The molecule has 0 amide bonds. The van der Waals surface area contributed by atoms with E-state index in [2.05, 4.69) is 0 Å². The van der Waals surface area contributed by atoms with Crippen LogP contribution in [0.4, 0.5) is 4.39 Å². The second kappa shape index (κ2) is 9.48. The molecule has 1 aromatic rings. The molecule has 0 spiro atoms. The largest absolute Gasteiger partial charge is 0.481 e. The molecule has 2 unspecified atom stereocenters. The van der Waals surface area contributed by atoms with Gasteiger partial charge in [-0.25, -0.2) is 4.39 Å². The van der Waals surface area contributed by atoms with Crippen molar-refractivity contribution in [2.45, 2.75) is 63.6 Å². The maximum atomic E-state index is 13.2. The number of fused-ring (bicyclic) bond motifs is 3. The van der Waals surface area contributed by atoms with Crippen molar-refractivity contribution in [2.24, 2.45) is 11.8 Å². The zero-order valence-corrected chi connectivity index (χ0v) is 16.1. The minimum atomic E-state index is -1.08. The summed E-state index contributed by atoms with van der Waals surface area (Å²) in [5.74, 6) is -0.142. The zero-order chi connectivity index (χ0) is 20.1. The highest BCUT2D eigenvalue weighted by atomic mass is 19.1. The van der Waals surface area contributed by atoms with Crippen LogP contribution in [0.5, 0.6) is 0 Å². The van der Waals surface area contributed by atoms with Gasteiger partial charge in [-0.2, -0.15) is 0 Å². The van der Waals surface area contributed by atoms with Crippen molar-refractivity contribution < 1.29 is 24.5 Å². The number of hydrogen-bond acceptors (Lipinski definition) is 3. The first-order valence-corrected chi connectivity index (χ1v) is 10.1. The molecule has 28 heavy (non-hydrogen) atoms. The van der Waals surface area contributed by atoms with Crippen LogP contribution >= 0.6 is 0 Å². The van der Waals surface area contributed by atoms with E-state index in [-0.39, 0.29) is 18.7 Å². The molecule has 3 aliphatic carbocycles. The van der Waals surface area contributed by atoms with E-state index in [1.807, 2.05) is 18.2 Å². The number of aliphatic hydroxyl groups excluding tert-OH is 2. The number of aliphatic carboxylic acids is 1. The molecule has 5 heteroatoms. The van der Waals surface area contributed by atoms with E-state index in [1.165, 1.54) is 36.1 Å². The number of carboxylic acid groups (broad SMARTS) is 1. The third-order valence-corrected chi connectivity index (χ3v) is 5.98. The van der Waals surface area contributed by atoms with Crippen LogP contribution in [0.1, 0.15) is 50.5 Å². The Morgan fingerprint density at radius 1 is 1.14 bits per heavy atom. The van der Waals surface area contributed by atoms with E-state index in [0.717, 1.165) is 31.2 Å². The van der Waals surface area contributed by atoms with Crippen LogP contribution in [0.3, 0.4) is 0 Å². The summed E-state index contributed by atoms with van der Waals surface area (Å²) in [6, 6.07) is 6.63. The van der Waals surface area contributed by atoms with Gasteiger partial charge < -0.3 is 15.3 Å². The average Bonchev–Trinajstić information content (AvgIpc) is 2.89. The second-order valence-electron chi connectivity index (χ2n) is 8.20. The first-order valence-electron chi connectivity index (χ1n) is 10.1. The van der Waals surface area contributed by atoms with E-state index in [0.29, 0.717) is 11.8 Å². The van der Waals surface area contributed by atoms with Gasteiger partial charge in [0.05, 0.1) is 18.6 Å². The first kappa shape index (κ1) is 20.7. The topological polar surface area (TPSA) is 77.8 Å². The Balaban J connectivity index is 1.76. The standard InChI is InChI=1S/C23H29FO4/c24-19-7-3-16(4-8-19)12-18-11-15-1-5-17(6-2-15)22(18)10-9-20(25)13-21(26)14-23(27)28/h3-4,7-10,15,17,20-21,25-26H,1-2,5-6,11-14H2,(H,27,28). The molecule has 0 saturated heterocycles. The lowest BCUT2D eigenvalue weighted by atomic mass is 9.81. The minimum absolute atomic E-state index is 0.0106. The van der Waals surface area contributed by atoms with E-state index >= 15 is 0 Å². The lowest BCUT2D eigenvalue weighted by molar-refractivity contribution is -0.139. The van der Waals surface area contributed by atoms with Gasteiger partial charge in [-0.3, -0.25) is 4.79 Å². The number of allylic oxidation sites excluding steroid dienone is 3. The Hall–Kier alpha value is -1.98. The molecular weight excluding hydrogens is 359 g/mol. The lowest BCUT2D eigenvalue weighted by Crippen LogP contribution is -2.19. The summed E-state index contributed by atoms with van der Waals surface area (Å²) in [6.45, 7) is 0. The van der Waals surface area contributed by atoms with Gasteiger partial charge >= 0.3 is 5.97 Å². The zero-order valence-electron chi connectivity index (χ0n) is 16.1. The molecule has 0 aliphatic heterocycles. The van der Waals surface area contributed by atoms with Crippen molar-refractivity contribution in [2.75, 3.05) is 0 Å². The van der Waals surface area contributed by atoms with E-state index in [1.54, 1.807) is 6.08 Å². The Labute approximate surface area is 165 Å². The Morgan fingerprint density at radius 2 is 1.82 bits per heavy atom. The molecule has 1 aromatic carbocycles. The van der Waals surface area contributed by atoms with Crippen molar-refractivity contribution in [1.29, 1.82) is 0 Å². The Morgan fingerprint density at radius 3 is 2.46 bits per heavy atom. The minimum Gasteiger partial charge on any atom is -0.481 e. The Kier molecular flexibility index (Phi) is 7.03. The fourth-order valence-electron chi connectivity index (χ4n) is 4.57. The molecule has 1 saturated carbocycles. The highest BCUT2D eigenvalue weighted by Crippen LogP contribution is 2.43. The van der Waals surface area contributed by atoms with Crippen LogP contribution in [-0.2, 0) is 11.2 Å². The van der Waals surface area contributed by atoms with Gasteiger partial charge in [0.25, 0.3) is 0 Å². The molecule has 0 aromatic heterocycles. The summed E-state index contributed by atoms with van der Waals surface area (Å²) >= 11 is 0. The summed E-state index contributed by atoms with van der Waals surface area (Å²) in [6.07, 6.45) is 7.91. The summed E-state index contributed by atoms with van der Waals surface area (Å²) in [7, 11) is 0. The lowest BCUT2D eigenvalue weighted by Gasteiger charge is -2.24. The predicted molar refractivity (Wildman–Crippen MR) is 105 cm³/mol. The van der Waals surface area contributed by atoms with Gasteiger partial charge in [0.1, 0.15) is 5.82 Å². The highest BCUT2D eigenvalue weighted by molar-refractivity contribution is 5.67. The van der Waals surface area contributed by atoms with Crippen LogP contribution in [0.2, 0.25) is 0 Å². The first-order chi connectivity index (χ1) is 13.4. The van der Waals surface area contributed by atoms with Crippen LogP contribution in [0.25, 0.3) is 0 Å². The molecule has 0 heterocycles. The average molecular weight is 388 g/mol. The molecule has 1 fully saturated rings.